The summed E-state index contributed by atoms with van der Waals surface area (Å²) >= 11 is 7.89. The lowest BCUT2D eigenvalue weighted by atomic mass is 9.85. The molecule has 1 aliphatic carbocycles. The number of carbonyl (C=O) groups excluding carboxylic acids is 1. The number of benzene rings is 1. The van der Waals surface area contributed by atoms with Crippen molar-refractivity contribution in [2.45, 2.75) is 37.4 Å². The molecule has 0 amide bonds. The minimum atomic E-state index is -0.629. The van der Waals surface area contributed by atoms with Gasteiger partial charge in [0.1, 0.15) is 6.04 Å². The van der Waals surface area contributed by atoms with Crippen molar-refractivity contribution in [2.75, 3.05) is 11.1 Å². The van der Waals surface area contributed by atoms with Crippen LogP contribution in [0.15, 0.2) is 34.6 Å². The molecule has 0 bridgehead atoms. The smallest absolute Gasteiger partial charge is 0.269 e. The van der Waals surface area contributed by atoms with Crippen LogP contribution in [0, 0.1) is 10.1 Å². The van der Waals surface area contributed by atoms with Gasteiger partial charge in [-0.1, -0.05) is 30.3 Å². The van der Waals surface area contributed by atoms with Crippen molar-refractivity contribution in [3.63, 3.8) is 0 Å². The fourth-order valence-electron chi connectivity index (χ4n) is 3.47. The number of anilines is 1. The first-order valence-corrected chi connectivity index (χ1v) is 9.92. The van der Waals surface area contributed by atoms with Gasteiger partial charge in [-0.05, 0) is 24.7 Å². The first-order valence-electron chi connectivity index (χ1n) is 8.56. The summed E-state index contributed by atoms with van der Waals surface area (Å²) in [5.41, 5.74) is 1.76. The molecule has 0 saturated carbocycles. The van der Waals surface area contributed by atoms with Crippen LogP contribution >= 0.6 is 23.4 Å². The number of thioether (sulfide) groups is 1. The molecule has 1 aliphatic heterocycles. The number of Topliss-reactive ketones (excluding diaryl/α,β-unsaturated/α-hetero) is 1. The molecule has 0 saturated heterocycles. The Balaban J connectivity index is 1.93. The highest BCUT2D eigenvalue weighted by atomic mass is 35.5. The van der Waals surface area contributed by atoms with E-state index in [-0.39, 0.29) is 11.5 Å². The van der Waals surface area contributed by atoms with Crippen LogP contribution < -0.4 is 5.32 Å². The summed E-state index contributed by atoms with van der Waals surface area (Å²) in [5, 5.41) is 19.9. The van der Waals surface area contributed by atoms with Crippen molar-refractivity contribution >= 4 is 40.8 Å². The van der Waals surface area contributed by atoms with Gasteiger partial charge in [0.2, 0.25) is 11.1 Å². The SMILES string of the molecule is CCSc1nc2n(n1)[C@H](c1cc([N+](=O)[O-])ccc1Cl)C1=C(CCCC1=O)N2. The molecule has 1 aromatic carbocycles. The van der Waals surface area contributed by atoms with Gasteiger partial charge in [-0.3, -0.25) is 14.9 Å². The topological polar surface area (TPSA) is 103 Å². The second-order valence-electron chi connectivity index (χ2n) is 6.25. The number of non-ortho nitro benzene ring substituents is 1. The number of carbonyl (C=O) groups is 1. The van der Waals surface area contributed by atoms with Crippen molar-refractivity contribution in [3.05, 3.63) is 50.2 Å². The predicted molar refractivity (Wildman–Crippen MR) is 102 cm³/mol. The third-order valence-electron chi connectivity index (χ3n) is 4.61. The number of halogens is 1. The highest BCUT2D eigenvalue weighted by Crippen LogP contribution is 2.43. The molecule has 0 unspecified atom stereocenters. The molecule has 27 heavy (non-hydrogen) atoms. The zero-order valence-electron chi connectivity index (χ0n) is 14.4. The van der Waals surface area contributed by atoms with E-state index < -0.39 is 11.0 Å². The Bertz CT molecular complexity index is 987. The van der Waals surface area contributed by atoms with Crippen molar-refractivity contribution in [1.29, 1.82) is 0 Å². The molecule has 8 nitrogen and oxygen atoms in total. The Hall–Kier alpha value is -2.39. The van der Waals surface area contributed by atoms with Gasteiger partial charge in [0, 0.05) is 40.4 Å². The maximum Gasteiger partial charge on any atom is 0.269 e. The minimum Gasteiger partial charge on any atom is -0.328 e. The van der Waals surface area contributed by atoms with Crippen molar-refractivity contribution in [1.82, 2.24) is 14.8 Å². The molecular formula is C17H16ClN5O3S. The fraction of sp³-hybridized carbons (Fsp3) is 0.353. The Kier molecular flexibility index (Phi) is 4.65. The lowest BCUT2D eigenvalue weighted by molar-refractivity contribution is -0.384. The fourth-order valence-corrected chi connectivity index (χ4v) is 4.24. The van der Waals surface area contributed by atoms with Gasteiger partial charge >= 0.3 is 0 Å². The minimum absolute atomic E-state index is 0.00201. The number of nitrogens with zero attached hydrogens (tertiary/aromatic N) is 4. The first kappa shape index (κ1) is 18.0. The van der Waals surface area contributed by atoms with Gasteiger partial charge in [-0.2, -0.15) is 4.98 Å². The Labute approximate surface area is 164 Å². The van der Waals surface area contributed by atoms with Gasteiger partial charge in [0.05, 0.1) is 4.92 Å². The average Bonchev–Trinajstić information content (AvgIpc) is 3.03. The van der Waals surface area contributed by atoms with Crippen LogP contribution in [0.5, 0.6) is 0 Å². The van der Waals surface area contributed by atoms with Gasteiger partial charge in [-0.25, -0.2) is 4.68 Å². The van der Waals surface area contributed by atoms with E-state index in [4.69, 9.17) is 11.6 Å². The largest absolute Gasteiger partial charge is 0.328 e. The molecule has 2 aliphatic rings. The van der Waals surface area contributed by atoms with Crippen molar-refractivity contribution in [2.24, 2.45) is 0 Å². The third kappa shape index (κ3) is 3.10. The van der Waals surface area contributed by atoms with Gasteiger partial charge in [0.25, 0.3) is 5.69 Å². The normalized spacial score (nSPS) is 18.7. The molecule has 4 rings (SSSR count). The van der Waals surface area contributed by atoms with Crippen LogP contribution in [0.25, 0.3) is 0 Å². The second kappa shape index (κ2) is 6.97. The van der Waals surface area contributed by atoms with E-state index in [1.807, 2.05) is 6.92 Å². The van der Waals surface area contributed by atoms with E-state index in [0.29, 0.717) is 40.1 Å². The van der Waals surface area contributed by atoms with Crippen molar-refractivity contribution in [3.8, 4) is 0 Å². The molecule has 140 valence electrons. The number of fused-ring (bicyclic) bond motifs is 1. The maximum atomic E-state index is 12.7. The molecule has 1 atom stereocenters. The molecule has 1 N–H and O–H groups in total. The average molecular weight is 406 g/mol. The Morgan fingerprint density at radius 3 is 3.00 bits per heavy atom. The van der Waals surface area contributed by atoms with Crippen LogP contribution in [-0.2, 0) is 4.79 Å². The molecule has 0 spiro atoms. The van der Waals surface area contributed by atoms with E-state index in [1.165, 1.54) is 30.0 Å². The molecule has 2 heterocycles. The molecule has 2 aromatic rings. The number of ketones is 1. The van der Waals surface area contributed by atoms with E-state index in [9.17, 15) is 14.9 Å². The van der Waals surface area contributed by atoms with Crippen LogP contribution in [0.4, 0.5) is 11.6 Å². The molecule has 0 radical (unpaired) electrons. The van der Waals surface area contributed by atoms with E-state index in [0.717, 1.165) is 17.9 Å². The quantitative estimate of drug-likeness (QED) is 0.466. The van der Waals surface area contributed by atoms with Gasteiger partial charge in [-0.15, -0.1) is 5.10 Å². The van der Waals surface area contributed by atoms with E-state index in [1.54, 1.807) is 4.68 Å². The number of aromatic nitrogens is 3. The van der Waals surface area contributed by atoms with Crippen molar-refractivity contribution < 1.29 is 9.72 Å². The summed E-state index contributed by atoms with van der Waals surface area (Å²) in [6.45, 7) is 2.00. The number of nitro benzene ring substituents is 1. The summed E-state index contributed by atoms with van der Waals surface area (Å²) in [5.74, 6) is 1.33. The van der Waals surface area contributed by atoms with Crippen LogP contribution in [0.3, 0.4) is 0 Å². The van der Waals surface area contributed by atoms with Crippen LogP contribution in [0.1, 0.15) is 37.8 Å². The molecule has 0 fully saturated rings. The maximum absolute atomic E-state index is 12.7. The highest BCUT2D eigenvalue weighted by molar-refractivity contribution is 7.99. The van der Waals surface area contributed by atoms with E-state index in [2.05, 4.69) is 15.4 Å². The molecule has 1 aromatic heterocycles. The lowest BCUT2D eigenvalue weighted by Gasteiger charge is -2.32. The second-order valence-corrected chi connectivity index (χ2v) is 7.89. The standard InChI is InChI=1S/C17H16ClN5O3S/c1-2-27-17-20-16-19-12-4-3-5-13(24)14(12)15(22(16)21-17)10-8-9(23(25)26)6-7-11(10)18/h6-8,15H,2-5H2,1H3,(H,19,20,21)/t15-/m1/s1. The number of hydrogen-bond acceptors (Lipinski definition) is 7. The summed E-state index contributed by atoms with van der Waals surface area (Å²) in [7, 11) is 0. The number of rotatable bonds is 4. The number of nitrogens with one attached hydrogen (secondary N) is 1. The van der Waals surface area contributed by atoms with Crippen LogP contribution in [0.2, 0.25) is 5.02 Å². The first-order chi connectivity index (χ1) is 13.0. The molecule has 10 heteroatoms. The number of hydrogen-bond donors (Lipinski definition) is 1. The number of nitro groups is 1. The van der Waals surface area contributed by atoms with Crippen LogP contribution in [-0.4, -0.2) is 31.2 Å². The molecular weight excluding hydrogens is 390 g/mol. The summed E-state index contributed by atoms with van der Waals surface area (Å²) in [4.78, 5) is 28.0. The Morgan fingerprint density at radius 1 is 1.44 bits per heavy atom. The summed E-state index contributed by atoms with van der Waals surface area (Å²) < 4.78 is 1.62. The summed E-state index contributed by atoms with van der Waals surface area (Å²) in [6, 6.07) is 3.63. The van der Waals surface area contributed by atoms with Gasteiger partial charge < -0.3 is 5.32 Å². The van der Waals surface area contributed by atoms with Gasteiger partial charge in [0.15, 0.2) is 5.78 Å². The zero-order valence-corrected chi connectivity index (χ0v) is 16.0. The summed E-state index contributed by atoms with van der Waals surface area (Å²) in [6.07, 6.45) is 1.90. The zero-order chi connectivity index (χ0) is 19.1. The monoisotopic (exact) mass is 405 g/mol. The lowest BCUT2D eigenvalue weighted by Crippen LogP contribution is -2.31. The Morgan fingerprint density at radius 2 is 2.26 bits per heavy atom. The predicted octanol–water partition coefficient (Wildman–Crippen LogP) is 3.97. The highest BCUT2D eigenvalue weighted by Gasteiger charge is 2.38. The van der Waals surface area contributed by atoms with E-state index >= 15 is 0 Å². The third-order valence-corrected chi connectivity index (χ3v) is 5.67. The number of allylic oxidation sites excluding steroid dienone is 2.